The van der Waals surface area contributed by atoms with Crippen molar-refractivity contribution < 1.29 is 15.0 Å². The smallest absolute Gasteiger partial charge is 0.251 e. The van der Waals surface area contributed by atoms with Crippen molar-refractivity contribution in [3.8, 4) is 11.3 Å². The summed E-state index contributed by atoms with van der Waals surface area (Å²) in [4.78, 5) is 21.4. The number of anilines is 1. The van der Waals surface area contributed by atoms with E-state index in [9.17, 15) is 15.0 Å². The zero-order valence-electron chi connectivity index (χ0n) is 17.0. The first-order chi connectivity index (χ1) is 14.5. The van der Waals surface area contributed by atoms with Crippen molar-refractivity contribution in [3.63, 3.8) is 0 Å². The predicted molar refractivity (Wildman–Crippen MR) is 116 cm³/mol. The highest BCUT2D eigenvalue weighted by Crippen LogP contribution is 2.23. The molecule has 30 heavy (non-hydrogen) atoms. The molecule has 2 aromatic carbocycles. The molecule has 3 rings (SSSR count). The van der Waals surface area contributed by atoms with Crippen molar-refractivity contribution >= 4 is 11.9 Å². The van der Waals surface area contributed by atoms with E-state index in [-0.39, 0.29) is 25.2 Å². The normalized spacial score (nSPS) is 12.8. The Morgan fingerprint density at radius 3 is 2.37 bits per heavy atom. The van der Waals surface area contributed by atoms with Gasteiger partial charge < -0.3 is 20.8 Å². The van der Waals surface area contributed by atoms with Crippen LogP contribution in [0, 0.1) is 6.92 Å². The lowest BCUT2D eigenvalue weighted by atomic mass is 10.0. The van der Waals surface area contributed by atoms with Crippen LogP contribution in [0.25, 0.3) is 11.3 Å². The zero-order valence-corrected chi connectivity index (χ0v) is 17.0. The van der Waals surface area contributed by atoms with E-state index in [1.807, 2.05) is 56.3 Å². The fourth-order valence-corrected chi connectivity index (χ4v) is 3.01. The Kier molecular flexibility index (Phi) is 7.11. The number of nitrogens with one attached hydrogen (secondary N) is 2. The molecule has 3 aromatic rings. The fraction of sp³-hybridized carbons (Fsp3) is 0.261. The molecule has 156 valence electrons. The number of aromatic nitrogens is 2. The second kappa shape index (κ2) is 9.96. The molecule has 0 radical (unpaired) electrons. The lowest BCUT2D eigenvalue weighted by Crippen LogP contribution is -2.30. The highest BCUT2D eigenvalue weighted by Gasteiger charge is 2.15. The number of carbonyl (C=O) groups is 1. The maximum Gasteiger partial charge on any atom is 0.251 e. The number of hydrogen-bond donors (Lipinski definition) is 4. The third-order valence-electron chi connectivity index (χ3n) is 4.73. The van der Waals surface area contributed by atoms with Gasteiger partial charge in [-0.05, 0) is 37.1 Å². The number of nitrogens with zero attached hydrogens (tertiary/aromatic N) is 2. The molecule has 1 heterocycles. The quantitative estimate of drug-likeness (QED) is 0.458. The van der Waals surface area contributed by atoms with Gasteiger partial charge in [-0.3, -0.25) is 4.79 Å². The largest absolute Gasteiger partial charge is 0.394 e. The standard InChI is InChI=1S/C23H26N4O3/c1-15-12-24-23(25-16(2)13-28)27-21(15)18-8-10-19(11-9-18)22(30)26-20(14-29)17-6-4-3-5-7-17/h3-12,16,20,28-29H,13-14H2,1-2H3,(H,26,30)(H,24,25,27)/t16-,20+/m0/s1. The molecule has 0 aliphatic rings. The van der Waals surface area contributed by atoms with Gasteiger partial charge in [0.1, 0.15) is 0 Å². The van der Waals surface area contributed by atoms with Crippen LogP contribution in [-0.2, 0) is 0 Å². The SMILES string of the molecule is Cc1cnc(N[C@@H](C)CO)nc1-c1ccc(C(=O)N[C@H](CO)c2ccccc2)cc1. The summed E-state index contributed by atoms with van der Waals surface area (Å²) in [6, 6.07) is 15.9. The molecule has 2 atom stereocenters. The molecule has 1 aromatic heterocycles. The monoisotopic (exact) mass is 406 g/mol. The predicted octanol–water partition coefficient (Wildman–Crippen LogP) is 2.71. The van der Waals surface area contributed by atoms with E-state index in [1.165, 1.54) is 0 Å². The summed E-state index contributed by atoms with van der Waals surface area (Å²) < 4.78 is 0. The number of aliphatic hydroxyl groups excluding tert-OH is 2. The van der Waals surface area contributed by atoms with Gasteiger partial charge in [0.05, 0.1) is 24.9 Å². The average molecular weight is 406 g/mol. The second-order valence-corrected chi connectivity index (χ2v) is 7.15. The van der Waals surface area contributed by atoms with Crippen LogP contribution in [0.5, 0.6) is 0 Å². The molecule has 7 nitrogen and oxygen atoms in total. The van der Waals surface area contributed by atoms with Crippen LogP contribution in [-0.4, -0.2) is 45.3 Å². The van der Waals surface area contributed by atoms with Gasteiger partial charge in [0.25, 0.3) is 5.91 Å². The van der Waals surface area contributed by atoms with Crippen LogP contribution < -0.4 is 10.6 Å². The topological polar surface area (TPSA) is 107 Å². The number of amides is 1. The number of aliphatic hydroxyl groups is 2. The Morgan fingerprint density at radius 1 is 1.03 bits per heavy atom. The Morgan fingerprint density at radius 2 is 1.73 bits per heavy atom. The van der Waals surface area contributed by atoms with Crippen LogP contribution in [0.3, 0.4) is 0 Å². The third kappa shape index (κ3) is 5.20. The van der Waals surface area contributed by atoms with E-state index in [0.29, 0.717) is 11.5 Å². The molecule has 0 aliphatic carbocycles. The van der Waals surface area contributed by atoms with Crippen LogP contribution >= 0.6 is 0 Å². The second-order valence-electron chi connectivity index (χ2n) is 7.15. The summed E-state index contributed by atoms with van der Waals surface area (Å²) in [5.41, 5.74) is 3.85. The molecule has 7 heteroatoms. The van der Waals surface area contributed by atoms with E-state index in [1.54, 1.807) is 18.3 Å². The van der Waals surface area contributed by atoms with Gasteiger partial charge in [-0.1, -0.05) is 42.5 Å². The summed E-state index contributed by atoms with van der Waals surface area (Å²) in [7, 11) is 0. The Labute approximate surface area is 175 Å². The first-order valence-electron chi connectivity index (χ1n) is 9.80. The van der Waals surface area contributed by atoms with Gasteiger partial charge in [0, 0.05) is 23.4 Å². The van der Waals surface area contributed by atoms with Crippen molar-refractivity contribution in [2.45, 2.75) is 25.9 Å². The van der Waals surface area contributed by atoms with Gasteiger partial charge in [-0.15, -0.1) is 0 Å². The molecule has 0 saturated carbocycles. The van der Waals surface area contributed by atoms with Gasteiger partial charge in [0.2, 0.25) is 5.95 Å². The van der Waals surface area contributed by atoms with Crippen LogP contribution in [0.15, 0.2) is 60.8 Å². The Hall–Kier alpha value is -3.29. The molecule has 0 unspecified atom stereocenters. The summed E-state index contributed by atoms with van der Waals surface area (Å²) in [5.74, 6) is 0.176. The van der Waals surface area contributed by atoms with E-state index >= 15 is 0 Å². The minimum atomic E-state index is -0.468. The maximum atomic E-state index is 12.6. The van der Waals surface area contributed by atoms with E-state index in [4.69, 9.17) is 0 Å². The highest BCUT2D eigenvalue weighted by atomic mass is 16.3. The molecular weight excluding hydrogens is 380 g/mol. The minimum absolute atomic E-state index is 0.0196. The van der Waals surface area contributed by atoms with Gasteiger partial charge >= 0.3 is 0 Å². The molecule has 1 amide bonds. The summed E-state index contributed by atoms with van der Waals surface area (Å²) >= 11 is 0. The zero-order chi connectivity index (χ0) is 21.5. The van der Waals surface area contributed by atoms with E-state index in [2.05, 4.69) is 20.6 Å². The van der Waals surface area contributed by atoms with Crippen molar-refractivity contribution in [3.05, 3.63) is 77.5 Å². The molecule has 4 N–H and O–H groups in total. The van der Waals surface area contributed by atoms with Gasteiger partial charge in [-0.2, -0.15) is 0 Å². The molecular formula is C23H26N4O3. The Balaban J connectivity index is 1.76. The minimum Gasteiger partial charge on any atom is -0.394 e. The number of hydrogen-bond acceptors (Lipinski definition) is 6. The number of aryl methyl sites for hydroxylation is 1. The van der Waals surface area contributed by atoms with Crippen LogP contribution in [0.1, 0.15) is 34.5 Å². The summed E-state index contributed by atoms with van der Waals surface area (Å²) in [6.45, 7) is 3.55. The molecule has 0 fully saturated rings. The fourth-order valence-electron chi connectivity index (χ4n) is 3.01. The number of carbonyl (C=O) groups excluding carboxylic acids is 1. The molecule has 0 bridgehead atoms. The van der Waals surface area contributed by atoms with Crippen molar-refractivity contribution in [2.75, 3.05) is 18.5 Å². The highest BCUT2D eigenvalue weighted by molar-refractivity contribution is 5.95. The number of benzene rings is 2. The first-order valence-corrected chi connectivity index (χ1v) is 9.80. The van der Waals surface area contributed by atoms with Gasteiger partial charge in [0.15, 0.2) is 0 Å². The lowest BCUT2D eigenvalue weighted by molar-refractivity contribution is 0.0916. The lowest BCUT2D eigenvalue weighted by Gasteiger charge is -2.17. The van der Waals surface area contributed by atoms with E-state index in [0.717, 1.165) is 22.4 Å². The molecule has 0 saturated heterocycles. The van der Waals surface area contributed by atoms with Crippen LogP contribution in [0.4, 0.5) is 5.95 Å². The van der Waals surface area contributed by atoms with Gasteiger partial charge in [-0.25, -0.2) is 9.97 Å². The average Bonchev–Trinajstić information content (AvgIpc) is 2.79. The summed E-state index contributed by atoms with van der Waals surface area (Å²) in [6.07, 6.45) is 1.72. The van der Waals surface area contributed by atoms with Crippen LogP contribution in [0.2, 0.25) is 0 Å². The number of rotatable bonds is 8. The van der Waals surface area contributed by atoms with Crippen molar-refractivity contribution in [1.29, 1.82) is 0 Å². The molecule has 0 aliphatic heterocycles. The van der Waals surface area contributed by atoms with E-state index < -0.39 is 6.04 Å². The van der Waals surface area contributed by atoms with Crippen molar-refractivity contribution in [2.24, 2.45) is 0 Å². The Bertz CT molecular complexity index is 977. The summed E-state index contributed by atoms with van der Waals surface area (Å²) in [5, 5.41) is 24.8. The van der Waals surface area contributed by atoms with Crippen molar-refractivity contribution in [1.82, 2.24) is 15.3 Å². The molecule has 0 spiro atoms. The first kappa shape index (κ1) is 21.4. The third-order valence-corrected chi connectivity index (χ3v) is 4.73. The maximum absolute atomic E-state index is 12.6.